The Labute approximate surface area is 267 Å². The monoisotopic (exact) mass is 624 g/mol. The van der Waals surface area contributed by atoms with E-state index >= 15 is 0 Å². The van der Waals surface area contributed by atoms with E-state index in [4.69, 9.17) is 9.47 Å². The van der Waals surface area contributed by atoms with Crippen molar-refractivity contribution in [2.24, 2.45) is 17.8 Å². The highest BCUT2D eigenvalue weighted by Crippen LogP contribution is 2.34. The molecule has 1 fully saturated rings. The lowest BCUT2D eigenvalue weighted by Crippen LogP contribution is -2.25. The quantitative estimate of drug-likeness (QED) is 0.0506. The van der Waals surface area contributed by atoms with Crippen LogP contribution in [0.3, 0.4) is 0 Å². The maximum atomic E-state index is 12.4. The molecule has 0 aliphatic heterocycles. The van der Waals surface area contributed by atoms with Gasteiger partial charge >= 0.3 is 11.9 Å². The fourth-order valence-electron chi connectivity index (χ4n) is 5.81. The van der Waals surface area contributed by atoms with Gasteiger partial charge in [-0.05, 0) is 31.6 Å². The lowest BCUT2D eigenvalue weighted by molar-refractivity contribution is -0.152. The third-order valence-corrected chi connectivity index (χ3v) is 8.57. The number of carbonyl (C=O) groups is 3. The molecular weight excluding hydrogens is 560 g/mol. The van der Waals surface area contributed by atoms with Crippen molar-refractivity contribution in [3.05, 3.63) is 12.2 Å². The van der Waals surface area contributed by atoms with E-state index in [1.165, 1.54) is 32.1 Å². The van der Waals surface area contributed by atoms with Gasteiger partial charge in [0, 0.05) is 31.1 Å². The molecule has 0 unspecified atom stereocenters. The zero-order chi connectivity index (χ0) is 32.6. The molecule has 0 radical (unpaired) electrons. The number of carbonyl (C=O) groups excluding carboxylic acids is 3. The van der Waals surface area contributed by atoms with Crippen molar-refractivity contribution in [2.45, 2.75) is 167 Å². The van der Waals surface area contributed by atoms with Crippen LogP contribution in [-0.2, 0) is 23.9 Å². The molecule has 0 aromatic heterocycles. The molecule has 44 heavy (non-hydrogen) atoms. The van der Waals surface area contributed by atoms with Crippen molar-refractivity contribution >= 4 is 17.7 Å². The Bertz CT molecular complexity index is 795. The van der Waals surface area contributed by atoms with Gasteiger partial charge in [0.1, 0.15) is 25.1 Å². The van der Waals surface area contributed by atoms with Gasteiger partial charge in [-0.3, -0.25) is 14.4 Å². The summed E-state index contributed by atoms with van der Waals surface area (Å²) in [5.41, 5.74) is 0. The van der Waals surface area contributed by atoms with Crippen LogP contribution in [0.1, 0.15) is 149 Å². The molecule has 0 amide bonds. The van der Waals surface area contributed by atoms with Crippen molar-refractivity contribution in [3.63, 3.8) is 0 Å². The molecule has 1 saturated carbocycles. The largest absolute Gasteiger partial charge is 0.463 e. The van der Waals surface area contributed by atoms with E-state index in [9.17, 15) is 29.7 Å². The van der Waals surface area contributed by atoms with Gasteiger partial charge in [0.25, 0.3) is 0 Å². The zero-order valence-electron chi connectivity index (χ0n) is 28.1. The van der Waals surface area contributed by atoms with Crippen LogP contribution in [0.15, 0.2) is 12.2 Å². The highest BCUT2D eigenvalue weighted by atomic mass is 16.6. The number of hydrogen-bond acceptors (Lipinski definition) is 8. The van der Waals surface area contributed by atoms with E-state index in [1.807, 2.05) is 6.08 Å². The van der Waals surface area contributed by atoms with Crippen LogP contribution in [0.2, 0.25) is 0 Å². The number of ketones is 1. The molecule has 8 heteroatoms. The predicted octanol–water partition coefficient (Wildman–Crippen LogP) is 7.00. The first-order valence-corrected chi connectivity index (χ1v) is 17.7. The van der Waals surface area contributed by atoms with E-state index in [0.29, 0.717) is 25.7 Å². The molecule has 256 valence electrons. The molecular formula is C36H64O8. The highest BCUT2D eigenvalue weighted by molar-refractivity contribution is 5.84. The maximum Gasteiger partial charge on any atom is 0.305 e. The van der Waals surface area contributed by atoms with Crippen molar-refractivity contribution < 1.29 is 39.2 Å². The van der Waals surface area contributed by atoms with E-state index in [-0.39, 0.29) is 49.6 Å². The van der Waals surface area contributed by atoms with E-state index in [0.717, 1.165) is 63.7 Å². The molecule has 0 bridgehead atoms. The van der Waals surface area contributed by atoms with E-state index < -0.39 is 24.3 Å². The fraction of sp³-hybridized carbons (Fsp3) is 0.861. The number of ether oxygens (including phenoxy) is 2. The number of rotatable bonds is 27. The van der Waals surface area contributed by atoms with E-state index in [2.05, 4.69) is 20.8 Å². The van der Waals surface area contributed by atoms with Crippen LogP contribution in [0, 0.1) is 17.8 Å². The summed E-state index contributed by atoms with van der Waals surface area (Å²) in [5.74, 6) is -0.336. The maximum absolute atomic E-state index is 12.4. The average molecular weight is 625 g/mol. The topological polar surface area (TPSA) is 130 Å². The molecule has 0 heterocycles. The smallest absolute Gasteiger partial charge is 0.305 e. The predicted molar refractivity (Wildman–Crippen MR) is 174 cm³/mol. The average Bonchev–Trinajstić information content (AvgIpc) is 3.25. The summed E-state index contributed by atoms with van der Waals surface area (Å²) < 4.78 is 10.2. The Morgan fingerprint density at radius 1 is 0.795 bits per heavy atom. The Kier molecular flexibility index (Phi) is 23.3. The molecule has 0 aromatic carbocycles. The first-order chi connectivity index (χ1) is 21.1. The summed E-state index contributed by atoms with van der Waals surface area (Å²) in [7, 11) is 0. The summed E-state index contributed by atoms with van der Waals surface area (Å²) in [6.07, 6.45) is 19.0. The first-order valence-electron chi connectivity index (χ1n) is 17.7. The van der Waals surface area contributed by atoms with Crippen LogP contribution in [0.4, 0.5) is 0 Å². The minimum Gasteiger partial charge on any atom is -0.463 e. The van der Waals surface area contributed by atoms with Crippen LogP contribution in [0.25, 0.3) is 0 Å². The van der Waals surface area contributed by atoms with Crippen LogP contribution < -0.4 is 0 Å². The summed E-state index contributed by atoms with van der Waals surface area (Å²) in [5, 5.41) is 30.5. The van der Waals surface area contributed by atoms with Gasteiger partial charge in [-0.1, -0.05) is 116 Å². The lowest BCUT2D eigenvalue weighted by atomic mass is 9.88. The Hall–Kier alpha value is -1.77. The normalized spacial score (nSPS) is 20.0. The minimum atomic E-state index is -1.03. The Morgan fingerprint density at radius 3 is 1.89 bits per heavy atom. The molecule has 1 rings (SSSR count). The van der Waals surface area contributed by atoms with Crippen LogP contribution in [-0.4, -0.2) is 64.6 Å². The lowest BCUT2D eigenvalue weighted by Gasteiger charge is -2.18. The first kappa shape index (κ1) is 40.3. The van der Waals surface area contributed by atoms with Gasteiger partial charge in [0.2, 0.25) is 0 Å². The number of unbranched alkanes of at least 4 members (excludes halogenated alkanes) is 11. The minimum absolute atomic E-state index is 0.0821. The van der Waals surface area contributed by atoms with E-state index in [1.54, 1.807) is 6.08 Å². The summed E-state index contributed by atoms with van der Waals surface area (Å²) in [6, 6.07) is 0. The van der Waals surface area contributed by atoms with Crippen molar-refractivity contribution in [1.29, 1.82) is 0 Å². The standard InChI is InChI=1S/C36H64O8/c1-4-5-13-19-29(37)23-24-32-31(33(39)25-34(32)40)20-15-11-12-17-22-36(42)44-27-30(38)26-43-35(41)21-16-10-8-6-7-9-14-18-28(2)3/h23-24,28-32,34,37-38,40H,4-22,25-27H2,1-3H3/b24-23+/t29-,30-,31+,32+,34+/m0/s1. The molecule has 1 aliphatic rings. The van der Waals surface area contributed by atoms with Gasteiger partial charge in [-0.2, -0.15) is 0 Å². The fourth-order valence-corrected chi connectivity index (χ4v) is 5.81. The molecule has 8 nitrogen and oxygen atoms in total. The second kappa shape index (κ2) is 25.4. The van der Waals surface area contributed by atoms with Gasteiger partial charge in [0.05, 0.1) is 12.2 Å². The molecule has 1 aliphatic carbocycles. The molecule has 5 atom stereocenters. The zero-order valence-corrected chi connectivity index (χ0v) is 28.1. The van der Waals surface area contributed by atoms with Crippen molar-refractivity contribution in [2.75, 3.05) is 13.2 Å². The van der Waals surface area contributed by atoms with Gasteiger partial charge in [-0.25, -0.2) is 0 Å². The molecule has 0 saturated heterocycles. The van der Waals surface area contributed by atoms with Crippen molar-refractivity contribution in [3.8, 4) is 0 Å². The van der Waals surface area contributed by atoms with Crippen LogP contribution >= 0.6 is 0 Å². The second-order valence-corrected chi connectivity index (χ2v) is 13.2. The highest BCUT2D eigenvalue weighted by Gasteiger charge is 2.39. The number of aliphatic hydroxyl groups is 3. The Balaban J connectivity index is 2.08. The summed E-state index contributed by atoms with van der Waals surface area (Å²) >= 11 is 0. The molecule has 3 N–H and O–H groups in total. The third kappa shape index (κ3) is 20.3. The second-order valence-electron chi connectivity index (χ2n) is 13.2. The number of esters is 2. The SMILES string of the molecule is CCCCC[C@H](O)/C=C/[C@H]1[C@H](O)CC(=O)[C@@H]1CCCCCCC(=O)OC[C@@H](O)COC(=O)CCCCCCCCCC(C)C. The number of aliphatic hydroxyl groups excluding tert-OH is 3. The number of hydrogen-bond donors (Lipinski definition) is 3. The van der Waals surface area contributed by atoms with Crippen LogP contribution in [0.5, 0.6) is 0 Å². The van der Waals surface area contributed by atoms with Gasteiger partial charge in [-0.15, -0.1) is 0 Å². The summed E-state index contributed by atoms with van der Waals surface area (Å²) in [4.78, 5) is 36.4. The number of Topliss-reactive ketones (excluding diaryl/α,β-unsaturated/α-hetero) is 1. The van der Waals surface area contributed by atoms with Crippen molar-refractivity contribution in [1.82, 2.24) is 0 Å². The van der Waals surface area contributed by atoms with Gasteiger partial charge in [0.15, 0.2) is 0 Å². The molecule has 0 aromatic rings. The molecule has 0 spiro atoms. The van der Waals surface area contributed by atoms with Gasteiger partial charge < -0.3 is 24.8 Å². The Morgan fingerprint density at radius 2 is 1.32 bits per heavy atom. The third-order valence-electron chi connectivity index (χ3n) is 8.57. The summed E-state index contributed by atoms with van der Waals surface area (Å²) in [6.45, 7) is 6.26.